The van der Waals surface area contributed by atoms with Gasteiger partial charge < -0.3 is 25.2 Å². The van der Waals surface area contributed by atoms with Crippen LogP contribution in [0.1, 0.15) is 151 Å². The van der Waals surface area contributed by atoms with E-state index in [1.807, 2.05) is 13.8 Å². The summed E-state index contributed by atoms with van der Waals surface area (Å²) < 4.78 is 6.44. The molecule has 0 spiro atoms. The highest BCUT2D eigenvalue weighted by atomic mass is 16.5. The Balaban J connectivity index is 0.992. The molecule has 6 aliphatic carbocycles. The standard InChI is InChI=1S/C51H76N2O6/c1-31(2)42-37(54)28-51(40(55)30-52-29-32-13-15-33(16-14-32)53-25-11-10-12-26-53)24-23-49(8)34(43(42)51)17-18-39-48(7)21-20-41(47(5,6)38(48)19-22-50(39,49)9)59-45(58)36-27-35(44(56)57)46(36,3)4/h13-16,31,34-36,38-41,52,55H,10-12,17-30H2,1-9H3,(H,56,57)/t34-,35+,36-,38+,39-,40+,41+,48+,49-,50-,51+/m1/s1. The predicted octanol–water partition coefficient (Wildman–Crippen LogP) is 9.77. The van der Waals surface area contributed by atoms with Crippen LogP contribution in [0.2, 0.25) is 0 Å². The number of Topliss-reactive ketones (excluding diaryl/α,β-unsaturated/α-hetero) is 1. The lowest BCUT2D eigenvalue weighted by atomic mass is 9.33. The number of carbonyl (C=O) groups is 3. The first-order chi connectivity index (χ1) is 27.7. The third kappa shape index (κ3) is 6.51. The zero-order chi connectivity index (χ0) is 42.5. The lowest BCUT2D eigenvalue weighted by Crippen LogP contribution is -2.66. The largest absolute Gasteiger partial charge is 0.481 e. The van der Waals surface area contributed by atoms with E-state index in [4.69, 9.17) is 4.74 Å². The molecule has 1 heterocycles. The third-order valence-electron chi connectivity index (χ3n) is 19.5. The summed E-state index contributed by atoms with van der Waals surface area (Å²) in [5.74, 6) is -0.366. The molecule has 0 amide bonds. The van der Waals surface area contributed by atoms with E-state index >= 15 is 0 Å². The van der Waals surface area contributed by atoms with Gasteiger partial charge in [0.15, 0.2) is 5.78 Å². The number of fused-ring (bicyclic) bond motifs is 7. The lowest BCUT2D eigenvalue weighted by Gasteiger charge is -2.72. The summed E-state index contributed by atoms with van der Waals surface area (Å²) in [6, 6.07) is 8.93. The van der Waals surface area contributed by atoms with Crippen molar-refractivity contribution < 1.29 is 29.3 Å². The minimum atomic E-state index is -0.824. The second-order valence-electron chi connectivity index (χ2n) is 23.0. The van der Waals surface area contributed by atoms with Crippen LogP contribution < -0.4 is 10.2 Å². The second-order valence-corrected chi connectivity index (χ2v) is 23.0. The van der Waals surface area contributed by atoms with E-state index in [1.165, 1.54) is 36.1 Å². The van der Waals surface area contributed by atoms with Crippen molar-refractivity contribution in [3.05, 3.63) is 41.0 Å². The van der Waals surface area contributed by atoms with Gasteiger partial charge in [-0.05, 0) is 146 Å². The van der Waals surface area contributed by atoms with Crippen molar-refractivity contribution in [2.24, 2.45) is 68.0 Å². The number of piperidine rings is 1. The second kappa shape index (κ2) is 15.0. The maximum Gasteiger partial charge on any atom is 0.309 e. The summed E-state index contributed by atoms with van der Waals surface area (Å²) in [7, 11) is 0. The molecule has 0 bridgehead atoms. The Morgan fingerprint density at radius 3 is 2.17 bits per heavy atom. The van der Waals surface area contributed by atoms with Gasteiger partial charge in [-0.2, -0.15) is 0 Å². The Kier molecular flexibility index (Phi) is 10.9. The number of aliphatic hydroxyl groups is 1. The zero-order valence-electron chi connectivity index (χ0n) is 37.9. The van der Waals surface area contributed by atoms with E-state index in [0.29, 0.717) is 37.8 Å². The molecule has 1 aliphatic heterocycles. The van der Waals surface area contributed by atoms with Gasteiger partial charge in [0.05, 0.1) is 17.9 Å². The summed E-state index contributed by atoms with van der Waals surface area (Å²) in [5, 5.41) is 25.7. The van der Waals surface area contributed by atoms with Crippen LogP contribution in [0.5, 0.6) is 0 Å². The van der Waals surface area contributed by atoms with E-state index in [9.17, 15) is 24.6 Å². The van der Waals surface area contributed by atoms with Gasteiger partial charge in [0.1, 0.15) is 6.10 Å². The average molecular weight is 813 g/mol. The number of ether oxygens (including phenoxy) is 1. The normalized spacial score (nSPS) is 40.3. The number of aliphatic hydroxyl groups excluding tert-OH is 1. The molecule has 0 radical (unpaired) electrons. The number of aliphatic carboxylic acids is 1. The lowest BCUT2D eigenvalue weighted by molar-refractivity contribution is -0.238. The first-order valence-corrected chi connectivity index (χ1v) is 23.7. The Bertz CT molecular complexity index is 1840. The van der Waals surface area contributed by atoms with E-state index in [1.54, 1.807) is 0 Å². The molecular formula is C51H76N2O6. The molecule has 0 aromatic heterocycles. The van der Waals surface area contributed by atoms with Gasteiger partial charge in [-0.25, -0.2) is 0 Å². The minimum absolute atomic E-state index is 0.000681. The van der Waals surface area contributed by atoms with Gasteiger partial charge in [0, 0.05) is 49.1 Å². The number of anilines is 1. The van der Waals surface area contributed by atoms with Crippen LogP contribution in [-0.2, 0) is 25.7 Å². The highest BCUT2D eigenvalue weighted by molar-refractivity contribution is 6.00. The summed E-state index contributed by atoms with van der Waals surface area (Å²) in [6.07, 6.45) is 11.9. The molecule has 3 N–H and O–H groups in total. The number of allylic oxidation sites excluding steroid dienone is 1. The highest BCUT2D eigenvalue weighted by Gasteiger charge is 2.71. The number of ketones is 1. The van der Waals surface area contributed by atoms with Crippen molar-refractivity contribution in [2.75, 3.05) is 24.5 Å². The van der Waals surface area contributed by atoms with Gasteiger partial charge in [-0.1, -0.05) is 80.0 Å². The van der Waals surface area contributed by atoms with Crippen LogP contribution in [0.15, 0.2) is 35.4 Å². The van der Waals surface area contributed by atoms with E-state index in [-0.39, 0.29) is 57.3 Å². The van der Waals surface area contributed by atoms with Gasteiger partial charge in [0.25, 0.3) is 0 Å². The summed E-state index contributed by atoms with van der Waals surface area (Å²) in [5.41, 5.74) is 3.68. The van der Waals surface area contributed by atoms with Crippen LogP contribution >= 0.6 is 0 Å². The van der Waals surface area contributed by atoms with Crippen LogP contribution in [0.3, 0.4) is 0 Å². The molecule has 1 aromatic carbocycles. The molecule has 59 heavy (non-hydrogen) atoms. The number of carbonyl (C=O) groups excluding carboxylic acids is 2. The van der Waals surface area contributed by atoms with E-state index in [0.717, 1.165) is 70.0 Å². The van der Waals surface area contributed by atoms with Crippen LogP contribution in [0.4, 0.5) is 5.69 Å². The van der Waals surface area contributed by atoms with Crippen molar-refractivity contribution in [3.8, 4) is 0 Å². The van der Waals surface area contributed by atoms with Gasteiger partial charge in [-0.15, -0.1) is 0 Å². The van der Waals surface area contributed by atoms with E-state index < -0.39 is 28.8 Å². The van der Waals surface area contributed by atoms with Crippen molar-refractivity contribution >= 4 is 23.4 Å². The fourth-order valence-electron chi connectivity index (χ4n) is 15.8. The molecule has 1 saturated heterocycles. The third-order valence-corrected chi connectivity index (χ3v) is 19.5. The van der Waals surface area contributed by atoms with Gasteiger partial charge in [0.2, 0.25) is 0 Å². The van der Waals surface area contributed by atoms with E-state index in [2.05, 4.69) is 82.9 Å². The number of nitrogens with zero attached hydrogens (tertiary/aromatic N) is 1. The molecule has 8 heteroatoms. The Morgan fingerprint density at radius 2 is 1.53 bits per heavy atom. The Morgan fingerprint density at radius 1 is 0.831 bits per heavy atom. The highest BCUT2D eigenvalue weighted by Crippen LogP contribution is 2.77. The molecule has 6 fully saturated rings. The van der Waals surface area contributed by atoms with Crippen LogP contribution in [0, 0.1) is 68.0 Å². The van der Waals surface area contributed by atoms with Crippen molar-refractivity contribution in [3.63, 3.8) is 0 Å². The summed E-state index contributed by atoms with van der Waals surface area (Å²) >= 11 is 0. The SMILES string of the molecule is CC(C)C1=C2[C@H]3CC[C@@H]4[C@@]5(C)CC[C@H](OC(=O)[C@H]6C[C@@H](C(=O)O)C6(C)C)C(C)(C)[C@@H]5CC[C@@]4(C)[C@]3(C)CC[C@@]2([C@@H](O)CNCc2ccc(N3CCCCC3)cc2)CC1=O. The Hall–Kier alpha value is -2.71. The number of nitrogens with one attached hydrogen (secondary N) is 1. The quantitative estimate of drug-likeness (QED) is 0.200. The molecule has 0 unspecified atom stereocenters. The molecule has 8 nitrogen and oxygen atoms in total. The van der Waals surface area contributed by atoms with Crippen molar-refractivity contribution in [1.29, 1.82) is 0 Å². The smallest absolute Gasteiger partial charge is 0.309 e. The number of carboxylic acids is 1. The number of esters is 1. The summed E-state index contributed by atoms with van der Waals surface area (Å²) in [6.45, 7) is 24.0. The molecule has 5 saturated carbocycles. The fourth-order valence-corrected chi connectivity index (χ4v) is 15.8. The first-order valence-electron chi connectivity index (χ1n) is 23.7. The van der Waals surface area contributed by atoms with Gasteiger partial charge in [-0.3, -0.25) is 14.4 Å². The number of hydrogen-bond donors (Lipinski definition) is 3. The zero-order valence-corrected chi connectivity index (χ0v) is 37.9. The molecule has 326 valence electrons. The number of hydrogen-bond acceptors (Lipinski definition) is 7. The van der Waals surface area contributed by atoms with Gasteiger partial charge >= 0.3 is 11.9 Å². The first kappa shape index (κ1) is 43.0. The average Bonchev–Trinajstić information content (AvgIpc) is 3.49. The molecule has 8 rings (SSSR count). The maximum atomic E-state index is 14.2. The fraction of sp³-hybridized carbons (Fsp3) is 0.784. The number of rotatable bonds is 10. The minimum Gasteiger partial charge on any atom is -0.481 e. The monoisotopic (exact) mass is 813 g/mol. The summed E-state index contributed by atoms with van der Waals surface area (Å²) in [4.78, 5) is 42.2. The number of carboxylic acid groups (broad SMARTS) is 1. The van der Waals surface area contributed by atoms with Crippen molar-refractivity contribution in [1.82, 2.24) is 5.32 Å². The predicted molar refractivity (Wildman–Crippen MR) is 233 cm³/mol. The Labute approximate surface area is 355 Å². The topological polar surface area (TPSA) is 116 Å². The maximum absolute atomic E-state index is 14.2. The molecule has 1 aromatic rings. The number of benzene rings is 1. The molecule has 11 atom stereocenters. The van der Waals surface area contributed by atoms with Crippen LogP contribution in [0.25, 0.3) is 0 Å². The molecular weight excluding hydrogens is 737 g/mol. The molecule has 7 aliphatic rings. The van der Waals surface area contributed by atoms with Crippen LogP contribution in [-0.4, -0.2) is 59.8 Å². The van der Waals surface area contributed by atoms with Crippen molar-refractivity contribution in [2.45, 2.75) is 165 Å².